The zero-order valence-electron chi connectivity index (χ0n) is 12.0. The molecule has 0 amide bonds. The van der Waals surface area contributed by atoms with Gasteiger partial charge in [0, 0.05) is 0 Å². The Bertz CT molecular complexity index is 596. The van der Waals surface area contributed by atoms with Gasteiger partial charge in [-0.2, -0.15) is 0 Å². The van der Waals surface area contributed by atoms with Gasteiger partial charge in [-0.3, -0.25) is 0 Å². The smallest absolute Gasteiger partial charge is 0.341 e. The Kier molecular flexibility index (Phi) is 5.21. The van der Waals surface area contributed by atoms with Crippen molar-refractivity contribution < 1.29 is 14.3 Å². The number of carbonyl (C=O) groups is 1. The average molecular weight is 285 g/mol. The molecule has 4 heteroatoms. The predicted molar refractivity (Wildman–Crippen MR) is 82.5 cm³/mol. The molecule has 0 aliphatic rings. The number of ether oxygens (including phenoxy) is 2. The molecule has 4 nitrogen and oxygen atoms in total. The molecule has 2 aromatic rings. The van der Waals surface area contributed by atoms with Crippen LogP contribution in [0.4, 0.5) is 5.69 Å². The van der Waals surface area contributed by atoms with E-state index in [1.807, 2.05) is 18.2 Å². The quantitative estimate of drug-likeness (QED) is 0.503. The van der Waals surface area contributed by atoms with Gasteiger partial charge in [-0.15, -0.1) is 0 Å². The third-order valence-electron chi connectivity index (χ3n) is 3.15. The zero-order valence-corrected chi connectivity index (χ0v) is 12.0. The van der Waals surface area contributed by atoms with E-state index in [9.17, 15) is 4.79 Å². The highest BCUT2D eigenvalue weighted by Crippen LogP contribution is 2.27. The number of hydrogen-bond acceptors (Lipinski definition) is 4. The topological polar surface area (TPSA) is 61.5 Å². The van der Waals surface area contributed by atoms with E-state index in [1.165, 1.54) is 12.7 Å². The highest BCUT2D eigenvalue weighted by Gasteiger charge is 2.15. The molecule has 110 valence electrons. The minimum absolute atomic E-state index is 0.359. The van der Waals surface area contributed by atoms with Crippen LogP contribution < -0.4 is 10.5 Å². The lowest BCUT2D eigenvalue weighted by atomic mass is 10.1. The summed E-state index contributed by atoms with van der Waals surface area (Å²) in [6.45, 7) is 0.493. The summed E-state index contributed by atoms with van der Waals surface area (Å²) in [7, 11) is 1.34. The Balaban J connectivity index is 1.95. The van der Waals surface area contributed by atoms with E-state index in [-0.39, 0.29) is 0 Å². The monoisotopic (exact) mass is 285 g/mol. The molecule has 0 radical (unpaired) electrons. The Morgan fingerprint density at radius 2 is 1.86 bits per heavy atom. The molecule has 0 aromatic heterocycles. The fourth-order valence-electron chi connectivity index (χ4n) is 2.08. The lowest BCUT2D eigenvalue weighted by Crippen LogP contribution is -2.09. The number of nitrogens with two attached hydrogens (primary N) is 1. The normalized spacial score (nSPS) is 10.1. The fourth-order valence-corrected chi connectivity index (χ4v) is 2.08. The molecule has 0 bridgehead atoms. The van der Waals surface area contributed by atoms with Crippen LogP contribution in [-0.2, 0) is 11.2 Å². The number of esters is 1. The van der Waals surface area contributed by atoms with Gasteiger partial charge in [-0.1, -0.05) is 36.4 Å². The molecule has 21 heavy (non-hydrogen) atoms. The fraction of sp³-hybridized carbons (Fsp3) is 0.235. The number of hydrogen-bond donors (Lipinski definition) is 1. The van der Waals surface area contributed by atoms with Crippen LogP contribution in [0.25, 0.3) is 0 Å². The van der Waals surface area contributed by atoms with E-state index in [0.717, 1.165) is 12.8 Å². The Morgan fingerprint density at radius 1 is 1.10 bits per heavy atom. The summed E-state index contributed by atoms with van der Waals surface area (Å²) in [5.41, 5.74) is 7.93. The van der Waals surface area contributed by atoms with E-state index in [4.69, 9.17) is 15.2 Å². The molecule has 0 unspecified atom stereocenters. The number of methoxy groups -OCH3 is 1. The zero-order chi connectivity index (χ0) is 15.1. The first-order chi connectivity index (χ1) is 10.2. The Labute approximate surface area is 124 Å². The molecule has 0 saturated heterocycles. The molecule has 0 saturated carbocycles. The lowest BCUT2D eigenvalue weighted by molar-refractivity contribution is 0.0596. The van der Waals surface area contributed by atoms with Gasteiger partial charge < -0.3 is 15.2 Å². The minimum atomic E-state index is -0.444. The summed E-state index contributed by atoms with van der Waals surface area (Å²) in [5.74, 6) is -0.0437. The summed E-state index contributed by atoms with van der Waals surface area (Å²) in [6, 6.07) is 15.2. The van der Waals surface area contributed by atoms with Crippen LogP contribution in [0.1, 0.15) is 22.3 Å². The van der Waals surface area contributed by atoms with E-state index in [0.29, 0.717) is 23.6 Å². The van der Waals surface area contributed by atoms with Crippen molar-refractivity contribution in [1.82, 2.24) is 0 Å². The second kappa shape index (κ2) is 7.33. The second-order valence-corrected chi connectivity index (χ2v) is 4.65. The van der Waals surface area contributed by atoms with Crippen molar-refractivity contribution in [3.63, 3.8) is 0 Å². The SMILES string of the molecule is COC(=O)c1cccc(N)c1OCCCc1ccccc1. The molecule has 2 N–H and O–H groups in total. The molecule has 0 fully saturated rings. The van der Waals surface area contributed by atoms with Crippen molar-refractivity contribution in [1.29, 1.82) is 0 Å². The van der Waals surface area contributed by atoms with E-state index in [2.05, 4.69) is 12.1 Å². The van der Waals surface area contributed by atoms with Crippen LogP contribution in [-0.4, -0.2) is 19.7 Å². The molecule has 0 atom stereocenters. The molecule has 0 aliphatic heterocycles. The van der Waals surface area contributed by atoms with Gasteiger partial charge in [0.2, 0.25) is 0 Å². The van der Waals surface area contributed by atoms with Crippen LogP contribution in [0.3, 0.4) is 0 Å². The van der Waals surface area contributed by atoms with Gasteiger partial charge in [0.05, 0.1) is 19.4 Å². The number of carbonyl (C=O) groups excluding carboxylic acids is 1. The minimum Gasteiger partial charge on any atom is -0.491 e. The highest BCUT2D eigenvalue weighted by atomic mass is 16.5. The van der Waals surface area contributed by atoms with E-state index < -0.39 is 5.97 Å². The van der Waals surface area contributed by atoms with Crippen LogP contribution in [0.15, 0.2) is 48.5 Å². The maximum Gasteiger partial charge on any atom is 0.341 e. The Morgan fingerprint density at radius 3 is 2.57 bits per heavy atom. The Hall–Kier alpha value is -2.49. The van der Waals surface area contributed by atoms with E-state index in [1.54, 1.807) is 18.2 Å². The first kappa shape index (κ1) is 14.9. The number of rotatable bonds is 6. The largest absolute Gasteiger partial charge is 0.491 e. The molecular weight excluding hydrogens is 266 g/mol. The summed E-state index contributed by atoms with van der Waals surface area (Å²) in [5, 5.41) is 0. The summed E-state index contributed by atoms with van der Waals surface area (Å²) in [4.78, 5) is 11.7. The maximum absolute atomic E-state index is 11.7. The number of aryl methyl sites for hydroxylation is 1. The average Bonchev–Trinajstić information content (AvgIpc) is 2.53. The second-order valence-electron chi connectivity index (χ2n) is 4.65. The lowest BCUT2D eigenvalue weighted by Gasteiger charge is -2.12. The van der Waals surface area contributed by atoms with Crippen LogP contribution >= 0.6 is 0 Å². The van der Waals surface area contributed by atoms with Gasteiger partial charge >= 0.3 is 5.97 Å². The third-order valence-corrected chi connectivity index (χ3v) is 3.15. The van der Waals surface area contributed by atoms with Crippen molar-refractivity contribution in [2.45, 2.75) is 12.8 Å². The van der Waals surface area contributed by atoms with Crippen molar-refractivity contribution in [3.05, 3.63) is 59.7 Å². The van der Waals surface area contributed by atoms with Gasteiger partial charge in [-0.25, -0.2) is 4.79 Å². The van der Waals surface area contributed by atoms with Gasteiger partial charge in [0.15, 0.2) is 5.75 Å². The van der Waals surface area contributed by atoms with Crippen LogP contribution in [0.5, 0.6) is 5.75 Å². The number of nitrogen functional groups attached to an aromatic ring is 1. The molecule has 2 rings (SSSR count). The summed E-state index contributed by atoms with van der Waals surface area (Å²) in [6.07, 6.45) is 1.76. The molecule has 0 heterocycles. The van der Waals surface area contributed by atoms with Crippen molar-refractivity contribution in [2.24, 2.45) is 0 Å². The third kappa shape index (κ3) is 3.99. The van der Waals surface area contributed by atoms with Gasteiger partial charge in [0.1, 0.15) is 5.56 Å². The molecule has 0 aliphatic carbocycles. The standard InChI is InChI=1S/C17H19NO3/c1-20-17(19)14-10-5-11-15(18)16(14)21-12-6-9-13-7-3-2-4-8-13/h2-5,7-8,10-11H,6,9,12,18H2,1H3. The van der Waals surface area contributed by atoms with Crippen molar-refractivity contribution in [3.8, 4) is 5.75 Å². The van der Waals surface area contributed by atoms with Gasteiger partial charge in [-0.05, 0) is 30.5 Å². The maximum atomic E-state index is 11.7. The number of anilines is 1. The first-order valence-electron chi connectivity index (χ1n) is 6.86. The number of para-hydroxylation sites is 1. The van der Waals surface area contributed by atoms with Crippen LogP contribution in [0.2, 0.25) is 0 Å². The summed E-state index contributed by atoms with van der Waals surface area (Å²) < 4.78 is 10.4. The van der Waals surface area contributed by atoms with Gasteiger partial charge in [0.25, 0.3) is 0 Å². The van der Waals surface area contributed by atoms with Crippen molar-refractivity contribution in [2.75, 3.05) is 19.5 Å². The van der Waals surface area contributed by atoms with Crippen LogP contribution in [0, 0.1) is 0 Å². The summed E-state index contributed by atoms with van der Waals surface area (Å²) >= 11 is 0. The first-order valence-corrected chi connectivity index (χ1v) is 6.86. The number of benzene rings is 2. The molecular formula is C17H19NO3. The molecule has 0 spiro atoms. The highest BCUT2D eigenvalue weighted by molar-refractivity contribution is 5.94. The van der Waals surface area contributed by atoms with E-state index >= 15 is 0 Å². The van der Waals surface area contributed by atoms with Crippen molar-refractivity contribution >= 4 is 11.7 Å². The molecule has 2 aromatic carbocycles. The predicted octanol–water partition coefficient (Wildman–Crippen LogP) is 3.07.